The number of rotatable bonds is 5. The molecule has 1 N–H and O–H groups in total. The van der Waals surface area contributed by atoms with Gasteiger partial charge in [0.15, 0.2) is 0 Å². The van der Waals surface area contributed by atoms with Gasteiger partial charge in [-0.1, -0.05) is 12.1 Å². The van der Waals surface area contributed by atoms with Crippen LogP contribution >= 0.6 is 11.3 Å². The normalized spacial score (nSPS) is 12.2. The Morgan fingerprint density at radius 3 is 2.68 bits per heavy atom. The van der Waals surface area contributed by atoms with Crippen molar-refractivity contribution in [2.75, 3.05) is 6.54 Å². The first kappa shape index (κ1) is 15.2. The van der Waals surface area contributed by atoms with E-state index in [4.69, 9.17) is 4.98 Å². The number of thiazole rings is 1. The summed E-state index contributed by atoms with van der Waals surface area (Å²) >= 11 is 1.71. The summed E-state index contributed by atoms with van der Waals surface area (Å²) in [6, 6.07) is 8.26. The Morgan fingerprint density at radius 2 is 2.00 bits per heavy atom. The van der Waals surface area contributed by atoms with Crippen molar-refractivity contribution in [3.05, 3.63) is 46.2 Å². The summed E-state index contributed by atoms with van der Waals surface area (Å²) in [5.41, 5.74) is 3.20. The van der Waals surface area contributed by atoms with Crippen LogP contribution in [0.25, 0.3) is 11.0 Å². The minimum absolute atomic E-state index is 0.182. The monoisotopic (exact) mass is 314 g/mol. The molecule has 0 bridgehead atoms. The van der Waals surface area contributed by atoms with E-state index in [9.17, 15) is 0 Å². The van der Waals surface area contributed by atoms with Gasteiger partial charge in [0.1, 0.15) is 5.82 Å². The molecule has 0 radical (unpaired) electrons. The van der Waals surface area contributed by atoms with Crippen LogP contribution in [0.1, 0.15) is 30.4 Å². The molecule has 116 valence electrons. The van der Waals surface area contributed by atoms with Crippen molar-refractivity contribution >= 4 is 22.4 Å². The molecule has 0 atom stereocenters. The molecule has 0 aliphatic carbocycles. The van der Waals surface area contributed by atoms with E-state index in [0.717, 1.165) is 35.0 Å². The van der Waals surface area contributed by atoms with Gasteiger partial charge in [-0.15, -0.1) is 11.3 Å². The minimum Gasteiger partial charge on any atom is -0.330 e. The van der Waals surface area contributed by atoms with Crippen LogP contribution < -0.4 is 5.32 Å². The van der Waals surface area contributed by atoms with E-state index < -0.39 is 0 Å². The van der Waals surface area contributed by atoms with Crippen molar-refractivity contribution in [2.45, 2.75) is 32.7 Å². The highest BCUT2D eigenvalue weighted by molar-refractivity contribution is 7.09. The van der Waals surface area contributed by atoms with E-state index in [-0.39, 0.29) is 5.54 Å². The van der Waals surface area contributed by atoms with Crippen LogP contribution in [0.3, 0.4) is 0 Å². The molecular weight excluding hydrogens is 292 g/mol. The Hall–Kier alpha value is -1.72. The molecule has 5 heteroatoms. The van der Waals surface area contributed by atoms with Crippen LogP contribution in [0.15, 0.2) is 29.6 Å². The number of nitrogens with one attached hydrogen (secondary N) is 1. The van der Waals surface area contributed by atoms with Gasteiger partial charge in [-0.05, 0) is 32.9 Å². The van der Waals surface area contributed by atoms with Gasteiger partial charge in [0.05, 0.1) is 27.3 Å². The van der Waals surface area contributed by atoms with Crippen LogP contribution in [0.4, 0.5) is 0 Å². The zero-order valence-electron chi connectivity index (χ0n) is 13.6. The number of fused-ring (bicyclic) bond motifs is 1. The summed E-state index contributed by atoms with van der Waals surface area (Å²) in [6.07, 6.45) is 0.942. The lowest BCUT2D eigenvalue weighted by Crippen LogP contribution is -2.40. The molecule has 0 saturated carbocycles. The Balaban J connectivity index is 1.74. The van der Waals surface area contributed by atoms with Gasteiger partial charge in [0.25, 0.3) is 0 Å². The van der Waals surface area contributed by atoms with Crippen LogP contribution in [0, 0.1) is 6.92 Å². The first-order valence-corrected chi connectivity index (χ1v) is 8.43. The number of hydrogen-bond donors (Lipinski definition) is 1. The molecule has 0 spiro atoms. The third-order valence-electron chi connectivity index (χ3n) is 3.96. The van der Waals surface area contributed by atoms with E-state index in [2.05, 4.69) is 59.3 Å². The zero-order valence-corrected chi connectivity index (χ0v) is 14.4. The molecule has 22 heavy (non-hydrogen) atoms. The SMILES string of the molecule is Cc1nc(CCNC(C)(C)c2nc3ccccc3n2C)cs1. The Labute approximate surface area is 135 Å². The number of aryl methyl sites for hydroxylation is 2. The maximum Gasteiger partial charge on any atom is 0.129 e. The summed E-state index contributed by atoms with van der Waals surface area (Å²) in [5.74, 6) is 1.06. The Morgan fingerprint density at radius 1 is 1.23 bits per heavy atom. The van der Waals surface area contributed by atoms with Crippen molar-refractivity contribution in [2.24, 2.45) is 7.05 Å². The second kappa shape index (κ2) is 5.82. The smallest absolute Gasteiger partial charge is 0.129 e. The van der Waals surface area contributed by atoms with E-state index in [0.29, 0.717) is 0 Å². The standard InChI is InChI=1S/C17H22N4S/c1-12-19-13(11-22-12)9-10-18-17(2,3)16-20-14-7-5-6-8-15(14)21(16)4/h5-8,11,18H,9-10H2,1-4H3. The highest BCUT2D eigenvalue weighted by Gasteiger charge is 2.25. The quantitative estimate of drug-likeness (QED) is 0.785. The fourth-order valence-corrected chi connectivity index (χ4v) is 3.46. The van der Waals surface area contributed by atoms with Gasteiger partial charge in [-0.3, -0.25) is 0 Å². The number of aromatic nitrogens is 3. The Bertz CT molecular complexity index is 785. The van der Waals surface area contributed by atoms with Gasteiger partial charge in [-0.2, -0.15) is 0 Å². The van der Waals surface area contributed by atoms with Crippen LogP contribution in [-0.2, 0) is 19.0 Å². The van der Waals surface area contributed by atoms with Gasteiger partial charge in [0, 0.05) is 25.4 Å². The van der Waals surface area contributed by atoms with Crippen molar-refractivity contribution in [1.82, 2.24) is 19.9 Å². The second-order valence-corrected chi connectivity index (χ2v) is 7.21. The molecule has 4 nitrogen and oxygen atoms in total. The maximum absolute atomic E-state index is 4.80. The number of nitrogens with zero attached hydrogens (tertiary/aromatic N) is 3. The first-order chi connectivity index (χ1) is 10.5. The zero-order chi connectivity index (χ0) is 15.7. The molecule has 3 rings (SSSR count). The van der Waals surface area contributed by atoms with E-state index in [1.54, 1.807) is 11.3 Å². The van der Waals surface area contributed by atoms with Crippen LogP contribution in [0.2, 0.25) is 0 Å². The average molecular weight is 314 g/mol. The molecule has 0 fully saturated rings. The maximum atomic E-state index is 4.80. The Kier molecular flexibility index (Phi) is 4.02. The van der Waals surface area contributed by atoms with Crippen molar-refractivity contribution < 1.29 is 0 Å². The van der Waals surface area contributed by atoms with Gasteiger partial charge in [0.2, 0.25) is 0 Å². The third kappa shape index (κ3) is 2.91. The number of para-hydroxylation sites is 2. The summed E-state index contributed by atoms with van der Waals surface area (Å²) in [5, 5.41) is 6.88. The molecule has 2 aromatic heterocycles. The summed E-state index contributed by atoms with van der Waals surface area (Å²) in [6.45, 7) is 7.30. The highest BCUT2D eigenvalue weighted by atomic mass is 32.1. The van der Waals surface area contributed by atoms with Gasteiger partial charge in [-0.25, -0.2) is 9.97 Å². The van der Waals surface area contributed by atoms with Gasteiger partial charge >= 0.3 is 0 Å². The average Bonchev–Trinajstić information content (AvgIpc) is 3.04. The third-order valence-corrected chi connectivity index (χ3v) is 4.78. The number of benzene rings is 1. The molecule has 2 heterocycles. The lowest BCUT2D eigenvalue weighted by Gasteiger charge is -2.25. The van der Waals surface area contributed by atoms with Crippen LogP contribution in [0.5, 0.6) is 0 Å². The summed E-state index contributed by atoms with van der Waals surface area (Å²) in [7, 11) is 2.08. The largest absolute Gasteiger partial charge is 0.330 e. The van der Waals surface area contributed by atoms with Gasteiger partial charge < -0.3 is 9.88 Å². The molecule has 0 aliphatic heterocycles. The molecule has 0 unspecified atom stereocenters. The first-order valence-electron chi connectivity index (χ1n) is 7.55. The molecular formula is C17H22N4S. The fraction of sp³-hybridized carbons (Fsp3) is 0.412. The van der Waals surface area contributed by atoms with E-state index in [1.165, 1.54) is 5.52 Å². The summed E-state index contributed by atoms with van der Waals surface area (Å²) < 4.78 is 2.18. The van der Waals surface area contributed by atoms with Crippen molar-refractivity contribution in [3.8, 4) is 0 Å². The summed E-state index contributed by atoms with van der Waals surface area (Å²) in [4.78, 5) is 9.31. The molecule has 0 aliphatic rings. The minimum atomic E-state index is -0.182. The van der Waals surface area contributed by atoms with Crippen molar-refractivity contribution in [1.29, 1.82) is 0 Å². The highest BCUT2D eigenvalue weighted by Crippen LogP contribution is 2.23. The predicted octanol–water partition coefficient (Wildman–Crippen LogP) is 3.41. The number of hydrogen-bond acceptors (Lipinski definition) is 4. The molecule has 1 aromatic carbocycles. The van der Waals surface area contributed by atoms with E-state index in [1.807, 2.05) is 13.0 Å². The van der Waals surface area contributed by atoms with Crippen LogP contribution in [-0.4, -0.2) is 21.1 Å². The second-order valence-electron chi connectivity index (χ2n) is 6.14. The fourth-order valence-electron chi connectivity index (χ4n) is 2.81. The molecule has 0 saturated heterocycles. The molecule has 3 aromatic rings. The lowest BCUT2D eigenvalue weighted by molar-refractivity contribution is 0.375. The van der Waals surface area contributed by atoms with Crippen molar-refractivity contribution in [3.63, 3.8) is 0 Å². The lowest BCUT2D eigenvalue weighted by atomic mass is 10.0. The van der Waals surface area contributed by atoms with E-state index >= 15 is 0 Å². The molecule has 0 amide bonds. The number of imidazole rings is 1. The topological polar surface area (TPSA) is 42.7 Å². The predicted molar refractivity (Wildman–Crippen MR) is 92.3 cm³/mol.